The average Bonchev–Trinajstić information content (AvgIpc) is 3.48. The van der Waals surface area contributed by atoms with Crippen molar-refractivity contribution in [2.24, 2.45) is 0 Å². The van der Waals surface area contributed by atoms with Crippen molar-refractivity contribution in [3.05, 3.63) is 65.8 Å². The minimum absolute atomic E-state index is 0.0589. The van der Waals surface area contributed by atoms with Crippen molar-refractivity contribution in [1.29, 1.82) is 0 Å². The van der Waals surface area contributed by atoms with Crippen molar-refractivity contribution in [1.82, 2.24) is 0 Å². The summed E-state index contributed by atoms with van der Waals surface area (Å²) in [7, 11) is -6.31. The van der Waals surface area contributed by atoms with Crippen molar-refractivity contribution in [2.75, 3.05) is 0 Å². The molecule has 0 bridgehead atoms. The van der Waals surface area contributed by atoms with Gasteiger partial charge in [-0.25, -0.2) is 0 Å². The molecule has 0 fully saturated rings. The predicted octanol–water partition coefficient (Wildman–Crippen LogP) is 13.0. The number of hydrogen-bond acceptors (Lipinski definition) is 5. The summed E-state index contributed by atoms with van der Waals surface area (Å²) < 4.78 is 31.8. The van der Waals surface area contributed by atoms with Crippen LogP contribution in [0.2, 0.25) is 60.3 Å². The first-order valence-corrected chi connectivity index (χ1v) is 16.4. The van der Waals surface area contributed by atoms with Crippen molar-refractivity contribution in [3.63, 3.8) is 0 Å². The van der Waals surface area contributed by atoms with Gasteiger partial charge in [0.05, 0.1) is 0 Å². The van der Waals surface area contributed by atoms with Gasteiger partial charge in [0.25, 0.3) is 0 Å². The summed E-state index contributed by atoms with van der Waals surface area (Å²) in [6.45, 7) is 0. The molecule has 0 amide bonds. The SMILES string of the molecule is Clc1c(Cl)c(Cl)c2c(c1Cl)C[P-]13(O2)(Oc2c(Cl)c(Cl)c(Cl)c(Cl)c2O1)Oc1c(Cl)c(Cl)c(Cl)c(Cl)c1O3. The quantitative estimate of drug-likeness (QED) is 0.130. The van der Waals surface area contributed by atoms with Gasteiger partial charge in [-0.1, -0.05) is 0 Å². The van der Waals surface area contributed by atoms with Crippen LogP contribution < -0.4 is 22.6 Å². The number of rotatable bonds is 0. The van der Waals surface area contributed by atoms with Crippen molar-refractivity contribution in [3.8, 4) is 28.7 Å². The van der Waals surface area contributed by atoms with E-state index in [-0.39, 0.29) is 94.6 Å². The summed E-state index contributed by atoms with van der Waals surface area (Å²) in [5, 5.41) is -1.82. The van der Waals surface area contributed by atoms with Crippen LogP contribution in [0.4, 0.5) is 0 Å². The van der Waals surface area contributed by atoms with E-state index in [1.807, 2.05) is 0 Å². The normalized spacial score (nSPS) is 20.3. The van der Waals surface area contributed by atoms with Gasteiger partial charge in [-0.05, 0) is 0 Å². The second kappa shape index (κ2) is 8.10. The molecule has 0 aromatic heterocycles. The molecule has 0 saturated carbocycles. The second-order valence-corrected chi connectivity index (χ2v) is 16.4. The first kappa shape index (κ1) is 27.7. The van der Waals surface area contributed by atoms with E-state index in [2.05, 4.69) is 0 Å². The van der Waals surface area contributed by atoms with E-state index in [1.54, 1.807) is 0 Å². The number of benzene rings is 3. The summed E-state index contributed by atoms with van der Waals surface area (Å²) in [6, 6.07) is 0. The molecule has 0 aliphatic carbocycles. The van der Waals surface area contributed by atoms with Crippen LogP contribution in [0.1, 0.15) is 5.56 Å². The first-order valence-electron chi connectivity index (χ1n) is 9.37. The molecular weight excluding hydrogens is 765 g/mol. The molecule has 3 aliphatic heterocycles. The Hall–Kier alpha value is 0.570. The average molecular weight is 767 g/mol. The summed E-state index contributed by atoms with van der Waals surface area (Å²) in [6.07, 6.45) is -0.511. The van der Waals surface area contributed by atoms with Gasteiger partial charge in [0.2, 0.25) is 0 Å². The van der Waals surface area contributed by atoms with E-state index in [1.165, 1.54) is 0 Å². The molecule has 0 unspecified atom stereocenters. The summed E-state index contributed by atoms with van der Waals surface area (Å²) in [5.74, 6) is -1.06. The predicted molar refractivity (Wildman–Crippen MR) is 153 cm³/mol. The molecule has 0 saturated heterocycles. The zero-order valence-electron chi connectivity index (χ0n) is 16.7. The maximum absolute atomic E-state index is 6.54. The summed E-state index contributed by atoms with van der Waals surface area (Å²) >= 11 is 76.6. The summed E-state index contributed by atoms with van der Waals surface area (Å²) in [4.78, 5) is 0. The zero-order valence-corrected chi connectivity index (χ0v) is 26.7. The molecule has 3 aromatic carbocycles. The Labute approximate surface area is 267 Å². The zero-order chi connectivity index (χ0) is 27.0. The Morgan fingerprint density at radius 3 is 0.892 bits per heavy atom. The topological polar surface area (TPSA) is 46.2 Å². The van der Waals surface area contributed by atoms with Crippen LogP contribution in [0.3, 0.4) is 0 Å². The van der Waals surface area contributed by atoms with E-state index in [0.717, 1.165) is 0 Å². The van der Waals surface area contributed by atoms with Crippen LogP contribution >= 0.6 is 146 Å². The number of hydrogen-bond donors (Lipinski definition) is 0. The van der Waals surface area contributed by atoms with E-state index in [9.17, 15) is 0 Å². The minimum atomic E-state index is -6.31. The van der Waals surface area contributed by atoms with Gasteiger partial charge >= 0.3 is 270 Å². The van der Waals surface area contributed by atoms with E-state index >= 15 is 0 Å². The molecule has 3 aliphatic rings. The molecule has 0 N–H and O–H groups in total. The third-order valence-electron chi connectivity index (χ3n) is 5.69. The van der Waals surface area contributed by atoms with Crippen LogP contribution in [0, 0.1) is 0 Å². The first-order chi connectivity index (χ1) is 17.1. The molecule has 3 heterocycles. The Morgan fingerprint density at radius 2 is 0.568 bits per heavy atom. The molecule has 18 heteroatoms. The van der Waals surface area contributed by atoms with E-state index in [4.69, 9.17) is 162 Å². The maximum atomic E-state index is 6.54. The van der Waals surface area contributed by atoms with Gasteiger partial charge < -0.3 is 0 Å². The molecule has 198 valence electrons. The van der Waals surface area contributed by atoms with E-state index < -0.39 is 13.2 Å². The van der Waals surface area contributed by atoms with Crippen LogP contribution in [-0.2, 0) is 6.16 Å². The van der Waals surface area contributed by atoms with Crippen LogP contribution in [-0.4, -0.2) is 0 Å². The third kappa shape index (κ3) is 3.33. The molecule has 0 atom stereocenters. The van der Waals surface area contributed by atoms with Gasteiger partial charge in [0.15, 0.2) is 0 Å². The Balaban J connectivity index is 1.72. The van der Waals surface area contributed by atoms with Crippen molar-refractivity contribution in [2.45, 2.75) is 6.16 Å². The molecule has 6 rings (SSSR count). The van der Waals surface area contributed by atoms with Gasteiger partial charge in [0.1, 0.15) is 0 Å². The van der Waals surface area contributed by atoms with Gasteiger partial charge in [-0.3, -0.25) is 0 Å². The standard InChI is InChI=1S/C19H2Cl12O5P/c20-3-2-1-37(32-15(2)10(27)5(22)4(3)21,33-16-11(28)6(23)7(24)12(29)17(16)34-37)35-18-13(30)8(25)9(26)14(31)19(18)36-37/h1H2/q-1. The Kier molecular flexibility index (Phi) is 6.07. The van der Waals surface area contributed by atoms with Gasteiger partial charge in [-0.15, -0.1) is 0 Å². The Bertz CT molecular complexity index is 1350. The number of halogens is 12. The van der Waals surface area contributed by atoms with Crippen molar-refractivity contribution < 1.29 is 22.6 Å². The fourth-order valence-corrected chi connectivity index (χ4v) is 12.0. The van der Waals surface area contributed by atoms with Crippen LogP contribution in [0.15, 0.2) is 0 Å². The fourth-order valence-electron chi connectivity index (χ4n) is 4.14. The molecule has 37 heavy (non-hydrogen) atoms. The molecule has 5 nitrogen and oxygen atoms in total. The van der Waals surface area contributed by atoms with Crippen LogP contribution in [0.5, 0.6) is 28.7 Å². The van der Waals surface area contributed by atoms with Gasteiger partial charge in [0, 0.05) is 0 Å². The van der Waals surface area contributed by atoms with E-state index in [0.29, 0.717) is 0 Å². The molecule has 0 radical (unpaired) electrons. The van der Waals surface area contributed by atoms with Crippen molar-refractivity contribution >= 4 is 146 Å². The fraction of sp³-hybridized carbons (Fsp3) is 0.0526. The molecule has 1 spiro atoms. The molecule has 3 aromatic rings. The summed E-state index contributed by atoms with van der Waals surface area (Å²) in [5.41, 5.74) is 0.145. The molecular formula is C19H2Cl12O5P-. The Morgan fingerprint density at radius 1 is 0.324 bits per heavy atom. The van der Waals surface area contributed by atoms with Gasteiger partial charge in [-0.2, -0.15) is 0 Å². The monoisotopic (exact) mass is 761 g/mol. The third-order valence-corrected chi connectivity index (χ3v) is 15.1. The number of fused-ring (bicyclic) bond motifs is 3. The second-order valence-electron chi connectivity index (χ2n) is 7.90. The van der Waals surface area contributed by atoms with Crippen LogP contribution in [0.25, 0.3) is 0 Å².